The highest BCUT2D eigenvalue weighted by atomic mass is 15.1. The average molecular weight is 217 g/mol. The second-order valence-electron chi connectivity index (χ2n) is 4.77. The van der Waals surface area contributed by atoms with E-state index in [2.05, 4.69) is 27.7 Å². The Labute approximate surface area is 97.3 Å². The predicted molar refractivity (Wildman–Crippen MR) is 65.1 cm³/mol. The van der Waals surface area contributed by atoms with Gasteiger partial charge >= 0.3 is 0 Å². The van der Waals surface area contributed by atoms with Crippen LogP contribution >= 0.6 is 0 Å². The molecule has 86 valence electrons. The maximum atomic E-state index is 5.27. The SMILES string of the molecule is C#CCCCn1cncc1C1(C)CCNC1. The Morgan fingerprint density at radius 3 is 3.25 bits per heavy atom. The van der Waals surface area contributed by atoms with E-state index in [4.69, 9.17) is 6.42 Å². The highest BCUT2D eigenvalue weighted by Gasteiger charge is 2.33. The minimum absolute atomic E-state index is 0.243. The van der Waals surface area contributed by atoms with Crippen molar-refractivity contribution in [3.05, 3.63) is 18.2 Å². The van der Waals surface area contributed by atoms with Crippen LogP contribution in [0.1, 0.15) is 31.9 Å². The molecule has 0 radical (unpaired) electrons. The first-order valence-electron chi connectivity index (χ1n) is 5.91. The molecule has 1 fully saturated rings. The van der Waals surface area contributed by atoms with Crippen LogP contribution in [0.3, 0.4) is 0 Å². The summed E-state index contributed by atoms with van der Waals surface area (Å²) in [6.07, 6.45) is 12.3. The Kier molecular flexibility index (Phi) is 3.31. The quantitative estimate of drug-likeness (QED) is 0.612. The standard InChI is InChI=1S/C13H19N3/c1-3-4-5-8-16-11-15-9-12(16)13(2)6-7-14-10-13/h1,9,11,14H,4-8,10H2,2H3. The van der Waals surface area contributed by atoms with E-state index in [-0.39, 0.29) is 5.41 Å². The third-order valence-corrected chi connectivity index (χ3v) is 3.42. The molecule has 0 amide bonds. The zero-order chi connectivity index (χ0) is 11.4. The van der Waals surface area contributed by atoms with E-state index < -0.39 is 0 Å². The number of unbranched alkanes of at least 4 members (excludes halogenated alkanes) is 1. The molecule has 16 heavy (non-hydrogen) atoms. The van der Waals surface area contributed by atoms with Gasteiger partial charge in [0.2, 0.25) is 0 Å². The molecule has 1 aromatic rings. The summed E-state index contributed by atoms with van der Waals surface area (Å²) in [6, 6.07) is 0. The lowest BCUT2D eigenvalue weighted by atomic mass is 9.86. The molecule has 3 nitrogen and oxygen atoms in total. The molecule has 1 unspecified atom stereocenters. The van der Waals surface area contributed by atoms with Gasteiger partial charge in [0.1, 0.15) is 0 Å². The largest absolute Gasteiger partial charge is 0.334 e. The van der Waals surface area contributed by atoms with Crippen LogP contribution < -0.4 is 5.32 Å². The van der Waals surface area contributed by atoms with Crippen LogP contribution in [0.15, 0.2) is 12.5 Å². The van der Waals surface area contributed by atoms with Crippen molar-refractivity contribution in [1.29, 1.82) is 0 Å². The molecular weight excluding hydrogens is 198 g/mol. The van der Waals surface area contributed by atoms with Gasteiger partial charge in [0.25, 0.3) is 0 Å². The Morgan fingerprint density at radius 2 is 2.56 bits per heavy atom. The van der Waals surface area contributed by atoms with E-state index in [1.54, 1.807) is 0 Å². The van der Waals surface area contributed by atoms with Gasteiger partial charge in [-0.05, 0) is 19.4 Å². The highest BCUT2D eigenvalue weighted by molar-refractivity contribution is 5.17. The molecule has 1 atom stereocenters. The second-order valence-corrected chi connectivity index (χ2v) is 4.77. The predicted octanol–water partition coefficient (Wildman–Crippen LogP) is 1.55. The lowest BCUT2D eigenvalue weighted by molar-refractivity contribution is 0.468. The van der Waals surface area contributed by atoms with E-state index in [1.165, 1.54) is 12.1 Å². The molecule has 0 aromatic carbocycles. The van der Waals surface area contributed by atoms with Crippen molar-refractivity contribution in [3.63, 3.8) is 0 Å². The first kappa shape index (κ1) is 11.2. The normalized spacial score (nSPS) is 24.5. The van der Waals surface area contributed by atoms with Crippen molar-refractivity contribution in [2.75, 3.05) is 13.1 Å². The molecule has 1 aromatic heterocycles. The number of imidazole rings is 1. The number of nitrogens with one attached hydrogen (secondary N) is 1. The maximum Gasteiger partial charge on any atom is 0.0948 e. The Hall–Kier alpha value is -1.27. The lowest BCUT2D eigenvalue weighted by Crippen LogP contribution is -2.28. The molecule has 2 heterocycles. The van der Waals surface area contributed by atoms with Crippen LogP contribution in [-0.4, -0.2) is 22.6 Å². The zero-order valence-corrected chi connectivity index (χ0v) is 9.87. The van der Waals surface area contributed by atoms with Gasteiger partial charge in [-0.15, -0.1) is 12.3 Å². The van der Waals surface area contributed by atoms with Crippen LogP contribution in [0.5, 0.6) is 0 Å². The number of aryl methyl sites for hydroxylation is 1. The van der Waals surface area contributed by atoms with Crippen molar-refractivity contribution in [2.24, 2.45) is 0 Å². The summed E-state index contributed by atoms with van der Waals surface area (Å²) in [7, 11) is 0. The van der Waals surface area contributed by atoms with Gasteiger partial charge in [-0.3, -0.25) is 0 Å². The van der Waals surface area contributed by atoms with E-state index in [0.29, 0.717) is 0 Å². The lowest BCUT2D eigenvalue weighted by Gasteiger charge is -2.24. The van der Waals surface area contributed by atoms with E-state index in [1.807, 2.05) is 12.5 Å². The summed E-state index contributed by atoms with van der Waals surface area (Å²) in [6.45, 7) is 5.44. The van der Waals surface area contributed by atoms with Crippen molar-refractivity contribution >= 4 is 0 Å². The number of nitrogens with zero attached hydrogens (tertiary/aromatic N) is 2. The molecule has 0 bridgehead atoms. The molecule has 3 heteroatoms. The topological polar surface area (TPSA) is 29.9 Å². The molecule has 1 aliphatic heterocycles. The summed E-state index contributed by atoms with van der Waals surface area (Å²) < 4.78 is 2.25. The van der Waals surface area contributed by atoms with Gasteiger partial charge in [-0.2, -0.15) is 0 Å². The summed E-state index contributed by atoms with van der Waals surface area (Å²) in [5, 5.41) is 3.42. The van der Waals surface area contributed by atoms with Crippen molar-refractivity contribution in [3.8, 4) is 12.3 Å². The first-order chi connectivity index (χ1) is 7.76. The molecule has 0 aliphatic carbocycles. The third kappa shape index (κ3) is 2.12. The second kappa shape index (κ2) is 4.71. The molecule has 1 aliphatic rings. The third-order valence-electron chi connectivity index (χ3n) is 3.42. The highest BCUT2D eigenvalue weighted by Crippen LogP contribution is 2.29. The van der Waals surface area contributed by atoms with E-state index in [0.717, 1.165) is 32.5 Å². The van der Waals surface area contributed by atoms with Gasteiger partial charge in [-0.25, -0.2) is 4.98 Å². The number of terminal acetylenes is 1. The fourth-order valence-corrected chi connectivity index (χ4v) is 2.39. The van der Waals surface area contributed by atoms with E-state index in [9.17, 15) is 0 Å². The molecule has 0 saturated carbocycles. The average Bonchev–Trinajstić information content (AvgIpc) is 2.88. The van der Waals surface area contributed by atoms with Crippen molar-refractivity contribution in [2.45, 2.75) is 38.1 Å². The summed E-state index contributed by atoms with van der Waals surface area (Å²) in [5.74, 6) is 2.68. The van der Waals surface area contributed by atoms with Gasteiger partial charge in [-0.1, -0.05) is 6.92 Å². The summed E-state index contributed by atoms with van der Waals surface area (Å²) >= 11 is 0. The van der Waals surface area contributed by atoms with Crippen molar-refractivity contribution in [1.82, 2.24) is 14.9 Å². The molecule has 1 saturated heterocycles. The molecule has 1 N–H and O–H groups in total. The van der Waals surface area contributed by atoms with Gasteiger partial charge in [0.05, 0.1) is 6.33 Å². The Bertz CT molecular complexity index is 380. The van der Waals surface area contributed by atoms with Crippen LogP contribution in [-0.2, 0) is 12.0 Å². The smallest absolute Gasteiger partial charge is 0.0948 e. The molecule has 0 spiro atoms. The Morgan fingerprint density at radius 1 is 1.69 bits per heavy atom. The van der Waals surface area contributed by atoms with Crippen LogP contribution in [0.2, 0.25) is 0 Å². The first-order valence-corrected chi connectivity index (χ1v) is 5.91. The molecular formula is C13H19N3. The zero-order valence-electron chi connectivity index (χ0n) is 9.87. The summed E-state index contributed by atoms with van der Waals surface area (Å²) in [4.78, 5) is 4.27. The Balaban J connectivity index is 2.09. The number of rotatable bonds is 4. The molecule has 2 rings (SSSR count). The maximum absolute atomic E-state index is 5.27. The van der Waals surface area contributed by atoms with Gasteiger partial charge in [0.15, 0.2) is 0 Å². The monoisotopic (exact) mass is 217 g/mol. The van der Waals surface area contributed by atoms with Gasteiger partial charge in [0, 0.05) is 36.8 Å². The van der Waals surface area contributed by atoms with Gasteiger partial charge < -0.3 is 9.88 Å². The minimum Gasteiger partial charge on any atom is -0.334 e. The van der Waals surface area contributed by atoms with Crippen LogP contribution in [0.4, 0.5) is 0 Å². The number of hydrogen-bond donors (Lipinski definition) is 1. The van der Waals surface area contributed by atoms with E-state index >= 15 is 0 Å². The fraction of sp³-hybridized carbons (Fsp3) is 0.615. The van der Waals surface area contributed by atoms with Crippen LogP contribution in [0.25, 0.3) is 0 Å². The number of hydrogen-bond acceptors (Lipinski definition) is 2. The van der Waals surface area contributed by atoms with Crippen molar-refractivity contribution < 1.29 is 0 Å². The number of aromatic nitrogens is 2. The fourth-order valence-electron chi connectivity index (χ4n) is 2.39. The minimum atomic E-state index is 0.243. The van der Waals surface area contributed by atoms with Crippen LogP contribution in [0, 0.1) is 12.3 Å². The summed E-state index contributed by atoms with van der Waals surface area (Å²) in [5.41, 5.74) is 1.58.